The first-order chi connectivity index (χ1) is 9.50. The van der Waals surface area contributed by atoms with E-state index < -0.39 is 11.8 Å². The van der Waals surface area contributed by atoms with Gasteiger partial charge in [-0.1, -0.05) is 19.3 Å². The molecule has 0 unspecified atom stereocenters. The van der Waals surface area contributed by atoms with E-state index in [0.717, 1.165) is 25.7 Å². The maximum Gasteiger partial charge on any atom is 0.312 e. The Hall–Kier alpha value is -1.39. The van der Waals surface area contributed by atoms with Crippen LogP contribution in [0.25, 0.3) is 0 Å². The van der Waals surface area contributed by atoms with E-state index in [4.69, 9.17) is 0 Å². The number of rotatable bonds is 4. The zero-order valence-corrected chi connectivity index (χ0v) is 12.4. The molecular formula is C15H24N2O3. The largest absolute Gasteiger partial charge is 0.330 e. The Labute approximate surface area is 120 Å². The van der Waals surface area contributed by atoms with Gasteiger partial charge in [0, 0.05) is 25.0 Å². The smallest absolute Gasteiger partial charge is 0.312 e. The average molecular weight is 280 g/mol. The fraction of sp³-hybridized carbons (Fsp3) is 0.800. The van der Waals surface area contributed by atoms with Crippen molar-refractivity contribution in [3.05, 3.63) is 0 Å². The molecule has 1 aliphatic carbocycles. The number of carbonyl (C=O) groups is 3. The van der Waals surface area contributed by atoms with Gasteiger partial charge in [-0.15, -0.1) is 0 Å². The summed E-state index contributed by atoms with van der Waals surface area (Å²) >= 11 is 0. The van der Waals surface area contributed by atoms with E-state index in [1.165, 1.54) is 11.3 Å². The van der Waals surface area contributed by atoms with Crippen molar-refractivity contribution in [2.45, 2.75) is 52.0 Å². The summed E-state index contributed by atoms with van der Waals surface area (Å²) in [5.41, 5.74) is 0. The number of ketones is 1. The van der Waals surface area contributed by atoms with E-state index in [1.807, 2.05) is 13.8 Å². The molecule has 5 heteroatoms. The van der Waals surface area contributed by atoms with Crippen LogP contribution in [0.15, 0.2) is 0 Å². The highest BCUT2D eigenvalue weighted by atomic mass is 16.2. The standard InChI is InChI=1S/C15H24N2O3/c1-11(2)17-9-8-16(14(19)15(17)20)10-13(18)12-6-4-3-5-7-12/h11-12H,3-10H2,1-2H3. The molecule has 0 spiro atoms. The third-order valence-corrected chi connectivity index (χ3v) is 4.37. The summed E-state index contributed by atoms with van der Waals surface area (Å²) in [5.74, 6) is -0.768. The number of hydrogen-bond donors (Lipinski definition) is 0. The molecule has 20 heavy (non-hydrogen) atoms. The predicted octanol–water partition coefficient (Wildman–Crippen LogP) is 1.21. The Kier molecular flexibility index (Phi) is 4.78. The van der Waals surface area contributed by atoms with E-state index in [1.54, 1.807) is 4.90 Å². The van der Waals surface area contributed by atoms with Crippen molar-refractivity contribution < 1.29 is 14.4 Å². The SMILES string of the molecule is CC(C)N1CCN(CC(=O)C2CCCCC2)C(=O)C1=O. The lowest BCUT2D eigenvalue weighted by Gasteiger charge is -2.36. The van der Waals surface area contributed by atoms with Crippen LogP contribution >= 0.6 is 0 Å². The monoisotopic (exact) mass is 280 g/mol. The number of nitrogens with zero attached hydrogens (tertiary/aromatic N) is 2. The molecule has 2 aliphatic rings. The first kappa shape index (κ1) is 15.0. The van der Waals surface area contributed by atoms with Gasteiger partial charge in [0.1, 0.15) is 0 Å². The minimum absolute atomic E-state index is 0.0302. The van der Waals surface area contributed by atoms with E-state index in [0.29, 0.717) is 13.1 Å². The van der Waals surface area contributed by atoms with Gasteiger partial charge >= 0.3 is 11.8 Å². The topological polar surface area (TPSA) is 57.7 Å². The van der Waals surface area contributed by atoms with Crippen molar-refractivity contribution in [3.8, 4) is 0 Å². The Morgan fingerprint density at radius 2 is 1.75 bits per heavy atom. The molecule has 1 saturated carbocycles. The summed E-state index contributed by atoms with van der Waals surface area (Å²) in [7, 11) is 0. The number of amides is 2. The summed E-state index contributed by atoms with van der Waals surface area (Å²) in [6, 6.07) is 0.0302. The minimum atomic E-state index is -0.519. The van der Waals surface area contributed by atoms with Crippen molar-refractivity contribution >= 4 is 17.6 Å². The number of hydrogen-bond acceptors (Lipinski definition) is 3. The van der Waals surface area contributed by atoms with Gasteiger partial charge < -0.3 is 9.80 Å². The lowest BCUT2D eigenvalue weighted by molar-refractivity contribution is -0.158. The molecular weight excluding hydrogens is 256 g/mol. The highest BCUT2D eigenvalue weighted by Gasteiger charge is 2.35. The van der Waals surface area contributed by atoms with Crippen LogP contribution in [-0.2, 0) is 14.4 Å². The van der Waals surface area contributed by atoms with Gasteiger partial charge in [-0.3, -0.25) is 14.4 Å². The van der Waals surface area contributed by atoms with Crippen LogP contribution in [0.1, 0.15) is 46.0 Å². The maximum atomic E-state index is 12.2. The second-order valence-corrected chi connectivity index (χ2v) is 6.12. The van der Waals surface area contributed by atoms with Crippen LogP contribution in [0.5, 0.6) is 0 Å². The minimum Gasteiger partial charge on any atom is -0.330 e. The lowest BCUT2D eigenvalue weighted by atomic mass is 9.86. The lowest BCUT2D eigenvalue weighted by Crippen LogP contribution is -2.57. The average Bonchev–Trinajstić information content (AvgIpc) is 2.44. The third kappa shape index (κ3) is 3.19. The summed E-state index contributed by atoms with van der Waals surface area (Å²) in [5, 5.41) is 0. The van der Waals surface area contributed by atoms with Gasteiger partial charge in [0.25, 0.3) is 0 Å². The van der Waals surface area contributed by atoms with Crippen LogP contribution in [0.2, 0.25) is 0 Å². The Morgan fingerprint density at radius 1 is 1.10 bits per heavy atom. The molecule has 0 N–H and O–H groups in total. The third-order valence-electron chi connectivity index (χ3n) is 4.37. The zero-order valence-electron chi connectivity index (χ0n) is 12.4. The first-order valence-electron chi connectivity index (χ1n) is 7.63. The fourth-order valence-corrected chi connectivity index (χ4v) is 3.07. The number of piperazine rings is 1. The molecule has 1 aliphatic heterocycles. The normalized spacial score (nSPS) is 21.8. The molecule has 1 heterocycles. The predicted molar refractivity (Wildman–Crippen MR) is 75.0 cm³/mol. The second kappa shape index (κ2) is 6.37. The Balaban J connectivity index is 1.92. The second-order valence-electron chi connectivity index (χ2n) is 6.12. The van der Waals surface area contributed by atoms with Crippen molar-refractivity contribution in [3.63, 3.8) is 0 Å². The van der Waals surface area contributed by atoms with Gasteiger partial charge in [-0.05, 0) is 26.7 Å². The molecule has 2 rings (SSSR count). The van der Waals surface area contributed by atoms with Gasteiger partial charge in [-0.25, -0.2) is 0 Å². The molecule has 1 saturated heterocycles. The maximum absolute atomic E-state index is 12.2. The van der Waals surface area contributed by atoms with Gasteiger partial charge in [0.05, 0.1) is 6.54 Å². The number of carbonyl (C=O) groups excluding carboxylic acids is 3. The molecule has 0 bridgehead atoms. The van der Waals surface area contributed by atoms with Gasteiger partial charge in [-0.2, -0.15) is 0 Å². The van der Waals surface area contributed by atoms with Crippen LogP contribution in [0.4, 0.5) is 0 Å². The summed E-state index contributed by atoms with van der Waals surface area (Å²) in [6.07, 6.45) is 5.28. The van der Waals surface area contributed by atoms with Crippen molar-refractivity contribution in [1.29, 1.82) is 0 Å². The van der Waals surface area contributed by atoms with Crippen LogP contribution in [0.3, 0.4) is 0 Å². The van der Waals surface area contributed by atoms with Crippen molar-refractivity contribution in [2.75, 3.05) is 19.6 Å². The van der Waals surface area contributed by atoms with E-state index in [-0.39, 0.29) is 24.3 Å². The zero-order chi connectivity index (χ0) is 14.7. The highest BCUT2D eigenvalue weighted by Crippen LogP contribution is 2.24. The van der Waals surface area contributed by atoms with Crippen molar-refractivity contribution in [1.82, 2.24) is 9.80 Å². The van der Waals surface area contributed by atoms with E-state index in [9.17, 15) is 14.4 Å². The van der Waals surface area contributed by atoms with E-state index in [2.05, 4.69) is 0 Å². The summed E-state index contributed by atoms with van der Waals surface area (Å²) in [6.45, 7) is 4.91. The van der Waals surface area contributed by atoms with Crippen LogP contribution < -0.4 is 0 Å². The Morgan fingerprint density at radius 3 is 2.35 bits per heavy atom. The molecule has 112 valence electrons. The fourth-order valence-electron chi connectivity index (χ4n) is 3.07. The molecule has 0 radical (unpaired) electrons. The molecule has 0 atom stereocenters. The van der Waals surface area contributed by atoms with Gasteiger partial charge in [0.2, 0.25) is 0 Å². The van der Waals surface area contributed by atoms with Gasteiger partial charge in [0.15, 0.2) is 5.78 Å². The van der Waals surface area contributed by atoms with Crippen molar-refractivity contribution in [2.24, 2.45) is 5.92 Å². The van der Waals surface area contributed by atoms with E-state index >= 15 is 0 Å². The summed E-state index contributed by atoms with van der Waals surface area (Å²) in [4.78, 5) is 39.2. The first-order valence-corrected chi connectivity index (χ1v) is 7.63. The molecule has 0 aromatic carbocycles. The molecule has 2 fully saturated rings. The Bertz CT molecular complexity index is 400. The number of Topliss-reactive ketones (excluding diaryl/α,β-unsaturated/α-hetero) is 1. The quantitative estimate of drug-likeness (QED) is 0.727. The highest BCUT2D eigenvalue weighted by molar-refractivity contribution is 6.35. The molecule has 5 nitrogen and oxygen atoms in total. The molecule has 0 aromatic rings. The van der Waals surface area contributed by atoms with Crippen LogP contribution in [0, 0.1) is 5.92 Å². The van der Waals surface area contributed by atoms with Crippen LogP contribution in [-0.4, -0.2) is 53.1 Å². The molecule has 2 amide bonds. The molecule has 0 aromatic heterocycles. The summed E-state index contributed by atoms with van der Waals surface area (Å²) < 4.78 is 0.